The van der Waals surface area contributed by atoms with Crippen LogP contribution in [0.3, 0.4) is 0 Å². The molecule has 1 fully saturated rings. The largest absolute Gasteiger partial charge is 0.494 e. The number of hydrogen-bond acceptors (Lipinski definition) is 4. The van der Waals surface area contributed by atoms with Gasteiger partial charge in [-0.3, -0.25) is 4.79 Å². The van der Waals surface area contributed by atoms with E-state index < -0.39 is 10.0 Å². The van der Waals surface area contributed by atoms with Crippen molar-refractivity contribution >= 4 is 15.9 Å². The maximum Gasteiger partial charge on any atom is 0.243 e. The SMILES string of the molecule is CCOc1ccc(S(=O)(=O)N2CCC[C@H](C(=O)N[C@H](C)CCc3ccccc3)C2)cc1C. The number of carbonyl (C=O) groups is 1. The summed E-state index contributed by atoms with van der Waals surface area (Å²) in [6.07, 6.45) is 3.11. The highest BCUT2D eigenvalue weighted by Gasteiger charge is 2.33. The van der Waals surface area contributed by atoms with E-state index in [1.165, 1.54) is 9.87 Å². The number of nitrogens with zero attached hydrogens (tertiary/aromatic N) is 1. The van der Waals surface area contributed by atoms with Crippen LogP contribution in [-0.2, 0) is 21.2 Å². The second-order valence-electron chi connectivity index (χ2n) is 8.50. The Morgan fingerprint density at radius 2 is 1.97 bits per heavy atom. The van der Waals surface area contributed by atoms with Crippen molar-refractivity contribution in [1.29, 1.82) is 0 Å². The molecule has 0 bridgehead atoms. The van der Waals surface area contributed by atoms with E-state index in [4.69, 9.17) is 4.74 Å². The quantitative estimate of drug-likeness (QED) is 0.618. The lowest BCUT2D eigenvalue weighted by atomic mass is 9.98. The average molecular weight is 459 g/mol. The summed E-state index contributed by atoms with van der Waals surface area (Å²) in [5.74, 6) is 0.293. The predicted octanol–water partition coefficient (Wildman–Crippen LogP) is 3.93. The molecule has 0 radical (unpaired) electrons. The first kappa shape index (κ1) is 24.3. The van der Waals surface area contributed by atoms with E-state index in [1.807, 2.05) is 39.0 Å². The summed E-state index contributed by atoms with van der Waals surface area (Å²) in [5.41, 5.74) is 2.03. The van der Waals surface area contributed by atoms with Gasteiger partial charge in [-0.2, -0.15) is 4.31 Å². The number of benzene rings is 2. The maximum atomic E-state index is 13.2. The number of aryl methyl sites for hydroxylation is 2. The molecule has 1 aliphatic rings. The Labute approximate surface area is 192 Å². The molecule has 0 aromatic heterocycles. The molecule has 0 aliphatic carbocycles. The van der Waals surface area contributed by atoms with Crippen LogP contribution in [0.1, 0.15) is 44.2 Å². The minimum atomic E-state index is -3.66. The molecule has 2 aromatic rings. The van der Waals surface area contributed by atoms with Gasteiger partial charge in [0.15, 0.2) is 0 Å². The fourth-order valence-electron chi connectivity index (χ4n) is 4.08. The Hall–Kier alpha value is -2.38. The minimum Gasteiger partial charge on any atom is -0.494 e. The van der Waals surface area contributed by atoms with Crippen molar-refractivity contribution in [3.05, 3.63) is 59.7 Å². The highest BCUT2D eigenvalue weighted by atomic mass is 32.2. The van der Waals surface area contributed by atoms with E-state index >= 15 is 0 Å². The van der Waals surface area contributed by atoms with Crippen LogP contribution in [0, 0.1) is 12.8 Å². The highest BCUT2D eigenvalue weighted by Crippen LogP contribution is 2.27. The third-order valence-corrected chi connectivity index (χ3v) is 7.80. The fourth-order valence-corrected chi connectivity index (χ4v) is 5.69. The first-order valence-electron chi connectivity index (χ1n) is 11.4. The normalized spacial score (nSPS) is 18.2. The Kier molecular flexibility index (Phi) is 8.32. The van der Waals surface area contributed by atoms with Gasteiger partial charge in [-0.1, -0.05) is 30.3 Å². The zero-order valence-electron chi connectivity index (χ0n) is 19.2. The van der Waals surface area contributed by atoms with Crippen LogP contribution in [0.15, 0.2) is 53.4 Å². The van der Waals surface area contributed by atoms with Crippen molar-refractivity contribution in [3.63, 3.8) is 0 Å². The van der Waals surface area contributed by atoms with Crippen LogP contribution >= 0.6 is 0 Å². The van der Waals surface area contributed by atoms with E-state index in [2.05, 4.69) is 17.4 Å². The van der Waals surface area contributed by atoms with Crippen molar-refractivity contribution < 1.29 is 17.9 Å². The Morgan fingerprint density at radius 1 is 1.22 bits per heavy atom. The summed E-state index contributed by atoms with van der Waals surface area (Å²) in [4.78, 5) is 13.1. The highest BCUT2D eigenvalue weighted by molar-refractivity contribution is 7.89. The van der Waals surface area contributed by atoms with Gasteiger partial charge in [-0.25, -0.2) is 8.42 Å². The maximum absolute atomic E-state index is 13.2. The molecule has 1 N–H and O–H groups in total. The van der Waals surface area contributed by atoms with Gasteiger partial charge in [-0.05, 0) is 75.8 Å². The first-order valence-corrected chi connectivity index (χ1v) is 12.8. The second kappa shape index (κ2) is 11.0. The smallest absolute Gasteiger partial charge is 0.243 e. The molecule has 7 heteroatoms. The third kappa shape index (κ3) is 6.11. The summed E-state index contributed by atoms with van der Waals surface area (Å²) in [6, 6.07) is 15.2. The summed E-state index contributed by atoms with van der Waals surface area (Å²) in [7, 11) is -3.66. The Bertz CT molecular complexity index is 1010. The number of sulfonamides is 1. The molecule has 1 saturated heterocycles. The summed E-state index contributed by atoms with van der Waals surface area (Å²) in [6.45, 7) is 6.91. The molecule has 174 valence electrons. The topological polar surface area (TPSA) is 75.7 Å². The molecule has 6 nitrogen and oxygen atoms in total. The minimum absolute atomic E-state index is 0.0310. The molecule has 0 unspecified atom stereocenters. The van der Waals surface area contributed by atoms with Gasteiger partial charge in [0.25, 0.3) is 0 Å². The molecule has 0 spiro atoms. The predicted molar refractivity (Wildman–Crippen MR) is 126 cm³/mol. The van der Waals surface area contributed by atoms with Crippen LogP contribution in [0.2, 0.25) is 0 Å². The monoisotopic (exact) mass is 458 g/mol. The molecule has 1 heterocycles. The van der Waals surface area contributed by atoms with Gasteiger partial charge in [0, 0.05) is 19.1 Å². The lowest BCUT2D eigenvalue weighted by molar-refractivity contribution is -0.126. The van der Waals surface area contributed by atoms with Gasteiger partial charge >= 0.3 is 0 Å². The Morgan fingerprint density at radius 3 is 2.66 bits per heavy atom. The van der Waals surface area contributed by atoms with Crippen molar-refractivity contribution in [1.82, 2.24) is 9.62 Å². The molecule has 32 heavy (non-hydrogen) atoms. The lowest BCUT2D eigenvalue weighted by Gasteiger charge is -2.32. The molecule has 1 aliphatic heterocycles. The molecule has 3 rings (SSSR count). The number of hydrogen-bond donors (Lipinski definition) is 1. The third-order valence-electron chi connectivity index (χ3n) is 5.94. The summed E-state index contributed by atoms with van der Waals surface area (Å²) >= 11 is 0. The van der Waals surface area contributed by atoms with E-state index in [0.29, 0.717) is 31.7 Å². The van der Waals surface area contributed by atoms with Crippen LogP contribution in [-0.4, -0.2) is 44.4 Å². The molecule has 1 amide bonds. The lowest BCUT2D eigenvalue weighted by Crippen LogP contribution is -2.47. The van der Waals surface area contributed by atoms with Crippen LogP contribution in [0.5, 0.6) is 5.75 Å². The number of amides is 1. The molecule has 2 aromatic carbocycles. The molecule has 2 atom stereocenters. The molecular weight excluding hydrogens is 424 g/mol. The van der Waals surface area contributed by atoms with Crippen molar-refractivity contribution in [2.24, 2.45) is 5.92 Å². The number of rotatable bonds is 9. The summed E-state index contributed by atoms with van der Waals surface area (Å²) < 4.78 is 33.4. The van der Waals surface area contributed by atoms with Crippen molar-refractivity contribution in [2.75, 3.05) is 19.7 Å². The zero-order chi connectivity index (χ0) is 23.1. The van der Waals surface area contributed by atoms with Gasteiger partial charge in [0.05, 0.1) is 17.4 Å². The van der Waals surface area contributed by atoms with Gasteiger partial charge < -0.3 is 10.1 Å². The number of ether oxygens (including phenoxy) is 1. The molecule has 0 saturated carbocycles. The summed E-state index contributed by atoms with van der Waals surface area (Å²) in [5, 5.41) is 3.09. The second-order valence-corrected chi connectivity index (χ2v) is 10.4. The van der Waals surface area contributed by atoms with E-state index in [-0.39, 0.29) is 29.3 Å². The van der Waals surface area contributed by atoms with Gasteiger partial charge in [0.1, 0.15) is 5.75 Å². The number of carbonyl (C=O) groups excluding carboxylic acids is 1. The fraction of sp³-hybridized carbons (Fsp3) is 0.480. The first-order chi connectivity index (χ1) is 15.3. The number of piperidine rings is 1. The van der Waals surface area contributed by atoms with Gasteiger partial charge in [-0.15, -0.1) is 0 Å². The van der Waals surface area contributed by atoms with E-state index in [9.17, 15) is 13.2 Å². The standard InChI is InChI=1S/C25H34N2O4S/c1-4-31-24-15-14-23(17-19(24)2)32(29,30)27-16-8-11-22(18-27)25(28)26-20(3)12-13-21-9-6-5-7-10-21/h5-7,9-10,14-15,17,20,22H,4,8,11-13,16,18H2,1-3H3,(H,26,28)/t20-,22+/m1/s1. The van der Waals surface area contributed by atoms with Crippen molar-refractivity contribution in [2.45, 2.75) is 57.4 Å². The number of nitrogens with one attached hydrogen (secondary N) is 1. The van der Waals surface area contributed by atoms with Crippen molar-refractivity contribution in [3.8, 4) is 5.75 Å². The zero-order valence-corrected chi connectivity index (χ0v) is 20.0. The van der Waals surface area contributed by atoms with E-state index in [0.717, 1.165) is 18.4 Å². The Balaban J connectivity index is 1.60. The van der Waals surface area contributed by atoms with Crippen LogP contribution in [0.4, 0.5) is 0 Å². The van der Waals surface area contributed by atoms with Crippen LogP contribution in [0.25, 0.3) is 0 Å². The van der Waals surface area contributed by atoms with E-state index in [1.54, 1.807) is 18.2 Å². The van der Waals surface area contributed by atoms with Crippen LogP contribution < -0.4 is 10.1 Å². The van der Waals surface area contributed by atoms with Gasteiger partial charge in [0.2, 0.25) is 15.9 Å². The molecular formula is C25H34N2O4S. The average Bonchev–Trinajstić information content (AvgIpc) is 2.80.